The third-order valence-electron chi connectivity index (χ3n) is 3.78. The molecule has 0 aromatic heterocycles. The van der Waals surface area contributed by atoms with Gasteiger partial charge in [-0.3, -0.25) is 4.90 Å². The summed E-state index contributed by atoms with van der Waals surface area (Å²) in [5, 5.41) is 0. The van der Waals surface area contributed by atoms with Crippen molar-refractivity contribution in [1.82, 2.24) is 4.90 Å². The fourth-order valence-corrected chi connectivity index (χ4v) is 2.70. The molecule has 100 valence electrons. The summed E-state index contributed by atoms with van der Waals surface area (Å²) in [7, 11) is 0. The molecule has 0 aliphatic carbocycles. The maximum Gasteiger partial charge on any atom is 0.142 e. The molecule has 18 heavy (non-hydrogen) atoms. The molecule has 1 fully saturated rings. The molecular weight excluding hydrogens is 224 g/mol. The molecule has 1 atom stereocenters. The third-order valence-corrected chi connectivity index (χ3v) is 3.78. The van der Waals surface area contributed by atoms with Crippen LogP contribution in [0.25, 0.3) is 0 Å². The van der Waals surface area contributed by atoms with Crippen molar-refractivity contribution in [2.45, 2.75) is 38.6 Å². The number of nitrogens with two attached hydrogens (primary N) is 1. The van der Waals surface area contributed by atoms with Crippen molar-refractivity contribution in [1.29, 1.82) is 0 Å². The third kappa shape index (κ3) is 3.39. The van der Waals surface area contributed by atoms with Crippen molar-refractivity contribution in [3.8, 4) is 5.75 Å². The maximum atomic E-state index is 5.85. The van der Waals surface area contributed by atoms with Crippen LogP contribution in [0.15, 0.2) is 24.3 Å². The molecule has 0 saturated carbocycles. The zero-order valence-corrected chi connectivity index (χ0v) is 11.3. The van der Waals surface area contributed by atoms with Crippen LogP contribution in [0.4, 0.5) is 5.69 Å². The van der Waals surface area contributed by atoms with Crippen molar-refractivity contribution in [3.05, 3.63) is 24.3 Å². The van der Waals surface area contributed by atoms with Gasteiger partial charge >= 0.3 is 0 Å². The summed E-state index contributed by atoms with van der Waals surface area (Å²) in [6.07, 6.45) is 5.28. The lowest BCUT2D eigenvalue weighted by Crippen LogP contribution is -2.41. The van der Waals surface area contributed by atoms with Gasteiger partial charge in [-0.25, -0.2) is 0 Å². The number of hydrogen-bond acceptors (Lipinski definition) is 3. The standard InChI is InChI=1S/C15H24N2O/c1-2-13-7-5-6-10-17(13)11-12-18-15-9-4-3-8-14(15)16/h3-4,8-9,13H,2,5-7,10-12,16H2,1H3/t13-/m0/s1. The van der Waals surface area contributed by atoms with Gasteiger partial charge < -0.3 is 10.5 Å². The predicted octanol–water partition coefficient (Wildman–Crippen LogP) is 2.91. The summed E-state index contributed by atoms with van der Waals surface area (Å²) in [5.74, 6) is 0.808. The van der Waals surface area contributed by atoms with E-state index in [0.29, 0.717) is 0 Å². The molecule has 0 amide bonds. The van der Waals surface area contributed by atoms with Gasteiger partial charge in [0.2, 0.25) is 0 Å². The lowest BCUT2D eigenvalue weighted by molar-refractivity contribution is 0.120. The molecule has 1 heterocycles. The number of nitrogens with zero attached hydrogens (tertiary/aromatic N) is 1. The van der Waals surface area contributed by atoms with Crippen molar-refractivity contribution in [2.75, 3.05) is 25.4 Å². The number of likely N-dealkylation sites (tertiary alicyclic amines) is 1. The van der Waals surface area contributed by atoms with Crippen LogP contribution >= 0.6 is 0 Å². The van der Waals surface area contributed by atoms with Crippen molar-refractivity contribution in [3.63, 3.8) is 0 Å². The monoisotopic (exact) mass is 248 g/mol. The zero-order valence-electron chi connectivity index (χ0n) is 11.3. The largest absolute Gasteiger partial charge is 0.490 e. The normalized spacial score (nSPS) is 20.8. The van der Waals surface area contributed by atoms with Crippen LogP contribution in [0.1, 0.15) is 32.6 Å². The van der Waals surface area contributed by atoms with Crippen LogP contribution < -0.4 is 10.5 Å². The number of anilines is 1. The SMILES string of the molecule is CC[C@H]1CCCCN1CCOc1ccccc1N. The minimum absolute atomic E-state index is 0.725. The van der Waals surface area contributed by atoms with E-state index >= 15 is 0 Å². The second-order valence-electron chi connectivity index (χ2n) is 4.98. The van der Waals surface area contributed by atoms with Gasteiger partial charge in [0.05, 0.1) is 5.69 Å². The molecule has 0 spiro atoms. The number of benzene rings is 1. The number of piperidine rings is 1. The van der Waals surface area contributed by atoms with Crippen molar-refractivity contribution < 1.29 is 4.74 Å². The Morgan fingerprint density at radius 2 is 2.17 bits per heavy atom. The first-order valence-electron chi connectivity index (χ1n) is 7.02. The highest BCUT2D eigenvalue weighted by Crippen LogP contribution is 2.21. The van der Waals surface area contributed by atoms with E-state index in [1.54, 1.807) is 0 Å². The molecule has 2 N–H and O–H groups in total. The van der Waals surface area contributed by atoms with Gasteiger partial charge in [0.15, 0.2) is 0 Å². The lowest BCUT2D eigenvalue weighted by atomic mass is 10.0. The van der Waals surface area contributed by atoms with E-state index in [1.165, 1.54) is 32.2 Å². The smallest absolute Gasteiger partial charge is 0.142 e. The predicted molar refractivity (Wildman–Crippen MR) is 75.9 cm³/mol. The Labute approximate surface area is 110 Å². The Morgan fingerprint density at radius 1 is 1.33 bits per heavy atom. The summed E-state index contributed by atoms with van der Waals surface area (Å²) in [4.78, 5) is 2.56. The first-order valence-corrected chi connectivity index (χ1v) is 7.02. The molecular formula is C15H24N2O. The fraction of sp³-hybridized carbons (Fsp3) is 0.600. The van der Waals surface area contributed by atoms with Crippen LogP contribution in [-0.4, -0.2) is 30.6 Å². The average molecular weight is 248 g/mol. The number of para-hydroxylation sites is 2. The van der Waals surface area contributed by atoms with E-state index in [2.05, 4.69) is 11.8 Å². The van der Waals surface area contributed by atoms with Gasteiger partial charge in [-0.15, -0.1) is 0 Å². The Balaban J connectivity index is 1.79. The quantitative estimate of drug-likeness (QED) is 0.814. The van der Waals surface area contributed by atoms with Crippen LogP contribution in [-0.2, 0) is 0 Å². The Bertz CT molecular complexity index is 367. The highest BCUT2D eigenvalue weighted by molar-refractivity contribution is 5.51. The Kier molecular flexibility index (Phi) is 4.88. The first-order chi connectivity index (χ1) is 8.81. The van der Waals surface area contributed by atoms with E-state index in [-0.39, 0.29) is 0 Å². The van der Waals surface area contributed by atoms with Crippen LogP contribution in [0.5, 0.6) is 5.75 Å². The van der Waals surface area contributed by atoms with Gasteiger partial charge in [-0.1, -0.05) is 25.5 Å². The van der Waals surface area contributed by atoms with E-state index in [1.807, 2.05) is 24.3 Å². The van der Waals surface area contributed by atoms with E-state index < -0.39 is 0 Å². The van der Waals surface area contributed by atoms with Crippen LogP contribution in [0.2, 0.25) is 0 Å². The van der Waals surface area contributed by atoms with Gasteiger partial charge in [0.25, 0.3) is 0 Å². The van der Waals surface area contributed by atoms with E-state index in [4.69, 9.17) is 10.5 Å². The Morgan fingerprint density at radius 3 is 2.94 bits per heavy atom. The van der Waals surface area contributed by atoms with Gasteiger partial charge in [0.1, 0.15) is 12.4 Å². The highest BCUT2D eigenvalue weighted by Gasteiger charge is 2.20. The fourth-order valence-electron chi connectivity index (χ4n) is 2.70. The number of ether oxygens (including phenoxy) is 1. The maximum absolute atomic E-state index is 5.85. The minimum Gasteiger partial charge on any atom is -0.490 e. The molecule has 3 nitrogen and oxygen atoms in total. The number of nitrogen functional groups attached to an aromatic ring is 1. The molecule has 2 rings (SSSR count). The summed E-state index contributed by atoms with van der Waals surface area (Å²) in [5.41, 5.74) is 6.58. The minimum atomic E-state index is 0.725. The molecule has 1 aromatic carbocycles. The molecule has 1 saturated heterocycles. The first kappa shape index (κ1) is 13.2. The van der Waals surface area contributed by atoms with Gasteiger partial charge in [0, 0.05) is 12.6 Å². The topological polar surface area (TPSA) is 38.5 Å². The van der Waals surface area contributed by atoms with E-state index in [0.717, 1.165) is 30.6 Å². The van der Waals surface area contributed by atoms with Crippen molar-refractivity contribution in [2.24, 2.45) is 0 Å². The molecule has 3 heteroatoms. The molecule has 1 aromatic rings. The molecule has 0 radical (unpaired) electrons. The Hall–Kier alpha value is -1.22. The summed E-state index contributed by atoms with van der Waals surface area (Å²) in [6.45, 7) is 5.22. The zero-order chi connectivity index (χ0) is 12.8. The molecule has 1 aliphatic rings. The summed E-state index contributed by atoms with van der Waals surface area (Å²) in [6, 6.07) is 8.45. The second kappa shape index (κ2) is 6.64. The number of hydrogen-bond donors (Lipinski definition) is 1. The van der Waals surface area contributed by atoms with Gasteiger partial charge in [-0.05, 0) is 37.9 Å². The molecule has 0 bridgehead atoms. The second-order valence-corrected chi connectivity index (χ2v) is 4.98. The average Bonchev–Trinajstić information content (AvgIpc) is 2.41. The van der Waals surface area contributed by atoms with Crippen LogP contribution in [0, 0.1) is 0 Å². The highest BCUT2D eigenvalue weighted by atomic mass is 16.5. The van der Waals surface area contributed by atoms with E-state index in [9.17, 15) is 0 Å². The molecule has 1 aliphatic heterocycles. The lowest BCUT2D eigenvalue weighted by Gasteiger charge is -2.35. The van der Waals surface area contributed by atoms with Gasteiger partial charge in [-0.2, -0.15) is 0 Å². The summed E-state index contributed by atoms with van der Waals surface area (Å²) >= 11 is 0. The molecule has 0 unspecified atom stereocenters. The number of rotatable bonds is 5. The summed E-state index contributed by atoms with van der Waals surface area (Å²) < 4.78 is 5.77. The van der Waals surface area contributed by atoms with Crippen LogP contribution in [0.3, 0.4) is 0 Å². The van der Waals surface area contributed by atoms with Crippen molar-refractivity contribution >= 4 is 5.69 Å².